The first-order chi connectivity index (χ1) is 12.7. The Balaban J connectivity index is 1.65. The summed E-state index contributed by atoms with van der Waals surface area (Å²) in [6.07, 6.45) is 4.58. The van der Waals surface area contributed by atoms with Crippen molar-refractivity contribution in [2.24, 2.45) is 7.05 Å². The maximum absolute atomic E-state index is 13.8. The predicted molar refractivity (Wildman–Crippen MR) is 100 cm³/mol. The van der Waals surface area contributed by atoms with Gasteiger partial charge in [-0.3, -0.25) is 4.68 Å². The fourth-order valence-corrected chi connectivity index (χ4v) is 3.05. The van der Waals surface area contributed by atoms with E-state index >= 15 is 0 Å². The number of ether oxygens (including phenoxy) is 2. The minimum absolute atomic E-state index is 0.0374. The van der Waals surface area contributed by atoms with Gasteiger partial charge in [0.1, 0.15) is 23.3 Å². The summed E-state index contributed by atoms with van der Waals surface area (Å²) in [4.78, 5) is 13.9. The molecule has 1 fully saturated rings. The van der Waals surface area contributed by atoms with Crippen LogP contribution in [0.5, 0.6) is 5.75 Å². The van der Waals surface area contributed by atoms with Gasteiger partial charge in [0.25, 0.3) is 0 Å². The fourth-order valence-electron chi connectivity index (χ4n) is 3.05. The van der Waals surface area contributed by atoms with Gasteiger partial charge in [0.15, 0.2) is 0 Å². The normalized spacial score (nSPS) is 15.7. The van der Waals surface area contributed by atoms with Crippen molar-refractivity contribution in [1.29, 1.82) is 0 Å². The molecular formula is C20H26FN3O3. The van der Waals surface area contributed by atoms with Crippen molar-refractivity contribution in [2.75, 3.05) is 13.1 Å². The third kappa shape index (κ3) is 4.99. The van der Waals surface area contributed by atoms with Crippen LogP contribution in [0.2, 0.25) is 0 Å². The van der Waals surface area contributed by atoms with E-state index in [4.69, 9.17) is 9.47 Å². The van der Waals surface area contributed by atoms with E-state index in [1.54, 1.807) is 21.8 Å². The molecule has 1 aliphatic rings. The topological polar surface area (TPSA) is 56.6 Å². The van der Waals surface area contributed by atoms with Crippen molar-refractivity contribution in [2.45, 2.75) is 45.3 Å². The average molecular weight is 375 g/mol. The van der Waals surface area contributed by atoms with Gasteiger partial charge in [-0.05, 0) is 39.0 Å². The molecule has 3 rings (SSSR count). The first-order valence-corrected chi connectivity index (χ1v) is 9.14. The molecule has 0 saturated carbocycles. The van der Waals surface area contributed by atoms with E-state index in [1.165, 1.54) is 12.1 Å². The van der Waals surface area contributed by atoms with Gasteiger partial charge in [0.2, 0.25) is 0 Å². The molecule has 0 unspecified atom stereocenters. The molecule has 0 spiro atoms. The number of carbonyl (C=O) groups excluding carboxylic acids is 1. The van der Waals surface area contributed by atoms with Crippen LogP contribution in [-0.4, -0.2) is 45.6 Å². The second-order valence-corrected chi connectivity index (χ2v) is 7.83. The van der Waals surface area contributed by atoms with E-state index in [0.717, 1.165) is 5.56 Å². The number of hydrogen-bond donors (Lipinski definition) is 0. The molecule has 0 atom stereocenters. The third-order valence-electron chi connectivity index (χ3n) is 4.34. The van der Waals surface area contributed by atoms with Crippen LogP contribution >= 0.6 is 0 Å². The van der Waals surface area contributed by atoms with Crippen LogP contribution in [0.1, 0.15) is 33.6 Å². The lowest BCUT2D eigenvalue weighted by Crippen LogP contribution is -2.44. The minimum atomic E-state index is -0.503. The molecule has 2 aromatic rings. The lowest BCUT2D eigenvalue weighted by molar-refractivity contribution is 0.0127. The van der Waals surface area contributed by atoms with Crippen molar-refractivity contribution >= 4 is 6.09 Å². The SMILES string of the molecule is Cn1cc(-c2cc(F)ccc2OC2CCN(C(=O)OC(C)(C)C)CC2)cn1. The van der Waals surface area contributed by atoms with Gasteiger partial charge in [0, 0.05) is 50.3 Å². The number of amides is 1. The number of likely N-dealkylation sites (tertiary alicyclic amines) is 1. The summed E-state index contributed by atoms with van der Waals surface area (Å²) in [5, 5.41) is 4.15. The van der Waals surface area contributed by atoms with Crippen molar-refractivity contribution < 1.29 is 18.7 Å². The van der Waals surface area contributed by atoms with E-state index in [0.29, 0.717) is 37.2 Å². The summed E-state index contributed by atoms with van der Waals surface area (Å²) in [7, 11) is 1.82. The standard InChI is InChI=1S/C20H26FN3O3/c1-20(2,3)27-19(25)24-9-7-16(8-10-24)26-18-6-5-15(21)11-17(18)14-12-22-23(4)13-14/h5-6,11-13,16H,7-10H2,1-4H3. The highest BCUT2D eigenvalue weighted by Gasteiger charge is 2.28. The Labute approximate surface area is 158 Å². The highest BCUT2D eigenvalue weighted by Crippen LogP contribution is 2.32. The number of carbonyl (C=O) groups is 1. The molecule has 1 aliphatic heterocycles. The quantitative estimate of drug-likeness (QED) is 0.814. The highest BCUT2D eigenvalue weighted by atomic mass is 19.1. The Morgan fingerprint density at radius 1 is 1.26 bits per heavy atom. The maximum atomic E-state index is 13.8. The Morgan fingerprint density at radius 3 is 2.56 bits per heavy atom. The maximum Gasteiger partial charge on any atom is 0.410 e. The highest BCUT2D eigenvalue weighted by molar-refractivity contribution is 5.69. The van der Waals surface area contributed by atoms with Gasteiger partial charge < -0.3 is 14.4 Å². The summed E-state index contributed by atoms with van der Waals surface area (Å²) in [6.45, 7) is 6.71. The average Bonchev–Trinajstić information content (AvgIpc) is 3.02. The molecule has 1 amide bonds. The van der Waals surface area contributed by atoms with Gasteiger partial charge in [-0.1, -0.05) is 0 Å². The Morgan fingerprint density at radius 2 is 1.96 bits per heavy atom. The van der Waals surface area contributed by atoms with E-state index in [1.807, 2.05) is 34.0 Å². The molecule has 0 bridgehead atoms. The van der Waals surface area contributed by atoms with Gasteiger partial charge in [0.05, 0.1) is 6.20 Å². The molecule has 27 heavy (non-hydrogen) atoms. The number of aromatic nitrogens is 2. The smallest absolute Gasteiger partial charge is 0.410 e. The number of nitrogens with zero attached hydrogens (tertiary/aromatic N) is 3. The largest absolute Gasteiger partial charge is 0.490 e. The molecule has 1 aromatic heterocycles. The fraction of sp³-hybridized carbons (Fsp3) is 0.500. The third-order valence-corrected chi connectivity index (χ3v) is 4.34. The zero-order valence-corrected chi connectivity index (χ0v) is 16.2. The monoisotopic (exact) mass is 375 g/mol. The predicted octanol–water partition coefficient (Wildman–Crippen LogP) is 4.00. The number of aryl methyl sites for hydroxylation is 1. The summed E-state index contributed by atoms with van der Waals surface area (Å²) in [5.41, 5.74) is 0.979. The second kappa shape index (κ2) is 7.58. The van der Waals surface area contributed by atoms with E-state index in [9.17, 15) is 9.18 Å². The summed E-state index contributed by atoms with van der Waals surface area (Å²) >= 11 is 0. The number of halogens is 1. The molecule has 1 saturated heterocycles. The summed E-state index contributed by atoms with van der Waals surface area (Å²) in [6, 6.07) is 4.51. The van der Waals surface area contributed by atoms with Gasteiger partial charge in [-0.2, -0.15) is 5.10 Å². The minimum Gasteiger partial charge on any atom is -0.490 e. The Hall–Kier alpha value is -2.57. The van der Waals surface area contributed by atoms with Gasteiger partial charge in [-0.25, -0.2) is 9.18 Å². The second-order valence-electron chi connectivity index (χ2n) is 7.83. The zero-order chi connectivity index (χ0) is 19.6. The van der Waals surface area contributed by atoms with Gasteiger partial charge >= 0.3 is 6.09 Å². The Bertz CT molecular complexity index is 805. The summed E-state index contributed by atoms with van der Waals surface area (Å²) < 4.78 is 27.0. The van der Waals surface area contributed by atoms with Crippen LogP contribution in [0.15, 0.2) is 30.6 Å². The molecule has 7 heteroatoms. The van der Waals surface area contributed by atoms with Crippen molar-refractivity contribution in [3.8, 4) is 16.9 Å². The first-order valence-electron chi connectivity index (χ1n) is 9.14. The van der Waals surface area contributed by atoms with Crippen LogP contribution in [0.25, 0.3) is 11.1 Å². The number of benzene rings is 1. The van der Waals surface area contributed by atoms with E-state index < -0.39 is 5.60 Å². The number of piperidine rings is 1. The van der Waals surface area contributed by atoms with E-state index in [-0.39, 0.29) is 18.0 Å². The van der Waals surface area contributed by atoms with Crippen LogP contribution in [0.3, 0.4) is 0 Å². The Kier molecular flexibility index (Phi) is 5.39. The van der Waals surface area contributed by atoms with Crippen LogP contribution in [0.4, 0.5) is 9.18 Å². The van der Waals surface area contributed by atoms with Crippen LogP contribution in [-0.2, 0) is 11.8 Å². The van der Waals surface area contributed by atoms with Crippen molar-refractivity contribution in [1.82, 2.24) is 14.7 Å². The molecule has 1 aromatic carbocycles. The molecule has 146 valence electrons. The van der Waals surface area contributed by atoms with Gasteiger partial charge in [-0.15, -0.1) is 0 Å². The zero-order valence-electron chi connectivity index (χ0n) is 16.2. The number of rotatable bonds is 3. The number of hydrogen-bond acceptors (Lipinski definition) is 4. The molecule has 0 N–H and O–H groups in total. The molecule has 6 nitrogen and oxygen atoms in total. The van der Waals surface area contributed by atoms with E-state index in [2.05, 4.69) is 5.10 Å². The summed E-state index contributed by atoms with van der Waals surface area (Å²) in [5.74, 6) is 0.307. The van der Waals surface area contributed by atoms with Crippen molar-refractivity contribution in [3.63, 3.8) is 0 Å². The molecule has 0 radical (unpaired) electrons. The van der Waals surface area contributed by atoms with Crippen LogP contribution in [0, 0.1) is 5.82 Å². The molecule has 0 aliphatic carbocycles. The van der Waals surface area contributed by atoms with Crippen molar-refractivity contribution in [3.05, 3.63) is 36.4 Å². The van der Waals surface area contributed by atoms with Crippen LogP contribution < -0.4 is 4.74 Å². The first kappa shape index (κ1) is 19.2. The molecular weight excluding hydrogens is 349 g/mol. The lowest BCUT2D eigenvalue weighted by Gasteiger charge is -2.33. The molecule has 2 heterocycles. The lowest BCUT2D eigenvalue weighted by atomic mass is 10.1.